The van der Waals surface area contributed by atoms with Crippen LogP contribution in [-0.2, 0) is 10.3 Å². The highest BCUT2D eigenvalue weighted by Gasteiger charge is 2.25. The molecular weight excluding hydrogens is 390 g/mol. The highest BCUT2D eigenvalue weighted by molar-refractivity contribution is 6.06. The van der Waals surface area contributed by atoms with Gasteiger partial charge in [-0.3, -0.25) is 9.59 Å². The van der Waals surface area contributed by atoms with Crippen molar-refractivity contribution in [3.8, 4) is 0 Å². The summed E-state index contributed by atoms with van der Waals surface area (Å²) in [6.07, 6.45) is 6.02. The molecule has 1 aliphatic rings. The third kappa shape index (κ3) is 5.43. The largest absolute Gasteiger partial charge is 0.353 e. The minimum atomic E-state index is -0.250. The van der Waals surface area contributed by atoms with Gasteiger partial charge in [0.25, 0.3) is 5.91 Å². The van der Waals surface area contributed by atoms with Crippen LogP contribution in [0.1, 0.15) is 101 Å². The van der Waals surface area contributed by atoms with E-state index >= 15 is 0 Å². The summed E-state index contributed by atoms with van der Waals surface area (Å²) < 4.78 is 1.90. The normalized spacial score (nSPS) is 15.5. The second-order valence-corrected chi connectivity index (χ2v) is 10.0. The molecule has 0 aromatic carbocycles. The van der Waals surface area contributed by atoms with E-state index in [0.29, 0.717) is 12.1 Å². The zero-order chi connectivity index (χ0) is 22.8. The highest BCUT2D eigenvalue weighted by Crippen LogP contribution is 2.28. The van der Waals surface area contributed by atoms with Gasteiger partial charge in [0.2, 0.25) is 5.91 Å². The molecule has 2 heterocycles. The lowest BCUT2D eigenvalue weighted by atomic mass is 9.95. The van der Waals surface area contributed by atoms with E-state index in [-0.39, 0.29) is 35.7 Å². The Labute approximate surface area is 185 Å². The van der Waals surface area contributed by atoms with E-state index in [9.17, 15) is 9.59 Å². The zero-order valence-electron chi connectivity index (χ0n) is 19.8. The van der Waals surface area contributed by atoms with Gasteiger partial charge in [-0.1, -0.05) is 33.1 Å². The van der Waals surface area contributed by atoms with Crippen molar-refractivity contribution in [1.29, 1.82) is 0 Å². The Kier molecular flexibility index (Phi) is 7.02. The van der Waals surface area contributed by atoms with Gasteiger partial charge in [0.1, 0.15) is 0 Å². The molecule has 0 bridgehead atoms. The number of pyridine rings is 1. The Morgan fingerprint density at radius 2 is 1.87 bits per heavy atom. The fourth-order valence-electron chi connectivity index (χ4n) is 4.18. The molecule has 1 saturated carbocycles. The summed E-state index contributed by atoms with van der Waals surface area (Å²) in [5, 5.41) is 11.5. The number of nitrogens with one attached hydrogen (secondary N) is 2. The van der Waals surface area contributed by atoms with E-state index in [1.54, 1.807) is 0 Å². The van der Waals surface area contributed by atoms with Crippen LogP contribution in [0.4, 0.5) is 0 Å². The molecule has 2 aromatic heterocycles. The number of carbonyl (C=O) groups excluding carboxylic acids is 2. The average Bonchev–Trinajstić information content (AvgIpc) is 3.05. The van der Waals surface area contributed by atoms with E-state index in [2.05, 4.69) is 50.4 Å². The van der Waals surface area contributed by atoms with Gasteiger partial charge in [-0.2, -0.15) is 5.10 Å². The Morgan fingerprint density at radius 3 is 2.48 bits per heavy atom. The molecule has 0 radical (unpaired) electrons. The molecule has 2 amide bonds. The summed E-state index contributed by atoms with van der Waals surface area (Å²) in [6, 6.07) is 2.16. The van der Waals surface area contributed by atoms with Gasteiger partial charge in [-0.05, 0) is 52.5 Å². The van der Waals surface area contributed by atoms with Gasteiger partial charge in [-0.15, -0.1) is 0 Å². The van der Waals surface area contributed by atoms with E-state index in [1.165, 1.54) is 19.3 Å². The van der Waals surface area contributed by atoms with Gasteiger partial charge in [-0.25, -0.2) is 9.67 Å². The van der Waals surface area contributed by atoms with Gasteiger partial charge >= 0.3 is 0 Å². The summed E-state index contributed by atoms with van der Waals surface area (Å²) in [7, 11) is 0. The number of amides is 2. The third-order valence-electron chi connectivity index (χ3n) is 5.91. The van der Waals surface area contributed by atoms with Crippen LogP contribution in [0.5, 0.6) is 0 Å². The Morgan fingerprint density at radius 1 is 1.19 bits per heavy atom. The monoisotopic (exact) mass is 427 g/mol. The smallest absolute Gasteiger partial charge is 0.252 e. The van der Waals surface area contributed by atoms with Gasteiger partial charge in [0.05, 0.1) is 22.2 Å². The molecule has 0 saturated heterocycles. The second kappa shape index (κ2) is 9.37. The highest BCUT2D eigenvalue weighted by atomic mass is 16.2. The fourth-order valence-corrected chi connectivity index (χ4v) is 4.18. The van der Waals surface area contributed by atoms with Crippen molar-refractivity contribution in [2.75, 3.05) is 6.54 Å². The number of fused-ring (bicyclic) bond motifs is 1. The van der Waals surface area contributed by atoms with Crippen LogP contribution in [0, 0.1) is 6.92 Å². The molecule has 31 heavy (non-hydrogen) atoms. The quantitative estimate of drug-likeness (QED) is 0.723. The lowest BCUT2D eigenvalue weighted by Gasteiger charge is -2.22. The number of carbonyl (C=O) groups is 2. The summed E-state index contributed by atoms with van der Waals surface area (Å²) >= 11 is 0. The zero-order valence-corrected chi connectivity index (χ0v) is 19.8. The van der Waals surface area contributed by atoms with Crippen molar-refractivity contribution in [2.45, 2.75) is 97.6 Å². The summed E-state index contributed by atoms with van der Waals surface area (Å²) in [5.41, 5.74) is 2.71. The van der Waals surface area contributed by atoms with Crippen LogP contribution in [0.15, 0.2) is 6.07 Å². The summed E-state index contributed by atoms with van der Waals surface area (Å²) in [6.45, 7) is 12.6. The van der Waals surface area contributed by atoms with Crippen LogP contribution in [0.2, 0.25) is 0 Å². The van der Waals surface area contributed by atoms with Crippen LogP contribution in [0.3, 0.4) is 0 Å². The van der Waals surface area contributed by atoms with Crippen LogP contribution in [0.25, 0.3) is 11.0 Å². The first-order chi connectivity index (χ1) is 14.6. The predicted molar refractivity (Wildman–Crippen MR) is 123 cm³/mol. The van der Waals surface area contributed by atoms with Crippen molar-refractivity contribution in [1.82, 2.24) is 25.4 Å². The first-order valence-corrected chi connectivity index (χ1v) is 11.6. The topological polar surface area (TPSA) is 88.9 Å². The SMILES string of the molecule is Cc1nn(C(C)(C)C)c2nc(C(C)C)cc(C(=O)NCCC(=O)NC3CCCCC3)c12. The molecule has 0 aliphatic heterocycles. The number of hydrogen-bond acceptors (Lipinski definition) is 4. The molecule has 7 heteroatoms. The van der Waals surface area contributed by atoms with Crippen molar-refractivity contribution in [2.24, 2.45) is 0 Å². The number of hydrogen-bond donors (Lipinski definition) is 2. The maximum absolute atomic E-state index is 13.1. The predicted octanol–water partition coefficient (Wildman–Crippen LogP) is 4.19. The molecule has 7 nitrogen and oxygen atoms in total. The van der Waals surface area contributed by atoms with E-state index in [0.717, 1.165) is 35.3 Å². The first kappa shape index (κ1) is 23.2. The Hall–Kier alpha value is -2.44. The van der Waals surface area contributed by atoms with Gasteiger partial charge in [0, 0.05) is 24.7 Å². The molecule has 0 unspecified atom stereocenters. The van der Waals surface area contributed by atoms with Gasteiger partial charge < -0.3 is 10.6 Å². The van der Waals surface area contributed by atoms with E-state index < -0.39 is 0 Å². The molecule has 1 aliphatic carbocycles. The average molecular weight is 428 g/mol. The lowest BCUT2D eigenvalue weighted by Crippen LogP contribution is -2.38. The number of aryl methyl sites for hydroxylation is 1. The lowest BCUT2D eigenvalue weighted by molar-refractivity contribution is -0.121. The maximum Gasteiger partial charge on any atom is 0.252 e. The second-order valence-electron chi connectivity index (χ2n) is 10.0. The maximum atomic E-state index is 13.1. The van der Waals surface area contributed by atoms with Crippen LogP contribution < -0.4 is 10.6 Å². The Balaban J connectivity index is 1.76. The van der Waals surface area contributed by atoms with Crippen molar-refractivity contribution < 1.29 is 9.59 Å². The van der Waals surface area contributed by atoms with Crippen LogP contribution in [-0.4, -0.2) is 39.2 Å². The summed E-state index contributed by atoms with van der Waals surface area (Å²) in [5.74, 6) is 0.00356. The minimum absolute atomic E-state index is 0.00618. The minimum Gasteiger partial charge on any atom is -0.353 e. The van der Waals surface area contributed by atoms with E-state index in [1.807, 2.05) is 17.7 Å². The molecule has 2 aromatic rings. The van der Waals surface area contributed by atoms with Crippen molar-refractivity contribution >= 4 is 22.8 Å². The van der Waals surface area contributed by atoms with Gasteiger partial charge in [0.15, 0.2) is 5.65 Å². The molecule has 1 fully saturated rings. The molecule has 2 N–H and O–H groups in total. The molecule has 0 atom stereocenters. The molecule has 170 valence electrons. The Bertz CT molecular complexity index is 949. The fraction of sp³-hybridized carbons (Fsp3) is 0.667. The number of rotatable bonds is 6. The molecular formula is C24H37N5O2. The standard InChI is InChI=1S/C24H37N5O2/c1-15(2)19-14-18(21-16(3)28-29(22(21)27-19)24(4,5)6)23(31)25-13-12-20(30)26-17-10-8-7-9-11-17/h14-15,17H,7-13H2,1-6H3,(H,25,31)(H,26,30). The van der Waals surface area contributed by atoms with Crippen molar-refractivity contribution in [3.63, 3.8) is 0 Å². The first-order valence-electron chi connectivity index (χ1n) is 11.6. The number of nitrogens with zero attached hydrogens (tertiary/aromatic N) is 3. The van der Waals surface area contributed by atoms with Crippen LogP contribution >= 0.6 is 0 Å². The molecule has 0 spiro atoms. The third-order valence-corrected chi connectivity index (χ3v) is 5.91. The van der Waals surface area contributed by atoms with E-state index in [4.69, 9.17) is 4.98 Å². The summed E-state index contributed by atoms with van der Waals surface area (Å²) in [4.78, 5) is 30.2. The number of aromatic nitrogens is 3. The molecule has 3 rings (SSSR count). The van der Waals surface area contributed by atoms with Crippen molar-refractivity contribution in [3.05, 3.63) is 23.0 Å².